The monoisotopic (exact) mass is 214 g/mol. The smallest absolute Gasteiger partial charge is 0.0693 e. The van der Waals surface area contributed by atoms with Gasteiger partial charge in [0.1, 0.15) is 0 Å². The van der Waals surface area contributed by atoms with E-state index in [1.54, 1.807) is 0 Å². The molecule has 1 fully saturated rings. The first-order valence-corrected chi connectivity index (χ1v) is 6.34. The molecule has 0 aromatic carbocycles. The predicted octanol–water partition coefficient (Wildman–Crippen LogP) is 1.22. The lowest BCUT2D eigenvalue weighted by Gasteiger charge is -2.23. The van der Waals surface area contributed by atoms with E-state index in [0.29, 0.717) is 6.04 Å². The molecule has 2 N–H and O–H groups in total. The molecule has 0 heterocycles. The maximum absolute atomic E-state index is 9.90. The van der Waals surface area contributed by atoms with Crippen molar-refractivity contribution in [2.24, 2.45) is 0 Å². The Balaban J connectivity index is 2.17. The van der Waals surface area contributed by atoms with Gasteiger partial charge in [-0.3, -0.25) is 0 Å². The van der Waals surface area contributed by atoms with Crippen molar-refractivity contribution < 1.29 is 5.11 Å². The fourth-order valence-corrected chi connectivity index (χ4v) is 2.13. The van der Waals surface area contributed by atoms with Crippen LogP contribution in [0.15, 0.2) is 0 Å². The minimum atomic E-state index is -0.126. The van der Waals surface area contributed by atoms with E-state index >= 15 is 0 Å². The first kappa shape index (κ1) is 12.9. The molecule has 1 saturated carbocycles. The molecular formula is C12H26N2O. The van der Waals surface area contributed by atoms with Gasteiger partial charge in [-0.05, 0) is 26.4 Å². The van der Waals surface area contributed by atoms with Gasteiger partial charge in [-0.15, -0.1) is 0 Å². The van der Waals surface area contributed by atoms with Crippen LogP contribution in [0.2, 0.25) is 0 Å². The van der Waals surface area contributed by atoms with E-state index in [-0.39, 0.29) is 6.10 Å². The van der Waals surface area contributed by atoms with Crippen LogP contribution in [0.3, 0.4) is 0 Å². The highest BCUT2D eigenvalue weighted by Crippen LogP contribution is 2.17. The van der Waals surface area contributed by atoms with Gasteiger partial charge in [0.2, 0.25) is 0 Å². The molecule has 0 aromatic rings. The fourth-order valence-electron chi connectivity index (χ4n) is 2.13. The van der Waals surface area contributed by atoms with Gasteiger partial charge in [-0.1, -0.05) is 26.2 Å². The molecule has 0 amide bonds. The lowest BCUT2D eigenvalue weighted by Crippen LogP contribution is -2.42. The number of rotatable bonds is 5. The van der Waals surface area contributed by atoms with Crippen LogP contribution in [0, 0.1) is 0 Å². The highest BCUT2D eigenvalue weighted by atomic mass is 16.3. The molecule has 0 bridgehead atoms. The van der Waals surface area contributed by atoms with Crippen LogP contribution in [0.4, 0.5) is 0 Å². The minimum absolute atomic E-state index is 0.126. The normalized spacial score (nSPS) is 28.0. The zero-order valence-electron chi connectivity index (χ0n) is 10.2. The van der Waals surface area contributed by atoms with E-state index in [4.69, 9.17) is 0 Å². The molecule has 0 aliphatic heterocycles. The summed E-state index contributed by atoms with van der Waals surface area (Å²) in [6.07, 6.45) is 5.72. The summed E-state index contributed by atoms with van der Waals surface area (Å²) in [5, 5.41) is 13.4. The van der Waals surface area contributed by atoms with Gasteiger partial charge in [0.05, 0.1) is 6.10 Å². The third kappa shape index (κ3) is 4.96. The van der Waals surface area contributed by atoms with Gasteiger partial charge >= 0.3 is 0 Å². The van der Waals surface area contributed by atoms with Crippen molar-refractivity contribution in [1.29, 1.82) is 0 Å². The largest absolute Gasteiger partial charge is 0.392 e. The Bertz CT molecular complexity index is 164. The van der Waals surface area contributed by atoms with Crippen molar-refractivity contribution in [3.05, 3.63) is 0 Å². The summed E-state index contributed by atoms with van der Waals surface area (Å²) >= 11 is 0. The molecule has 90 valence electrons. The van der Waals surface area contributed by atoms with Gasteiger partial charge in [0.25, 0.3) is 0 Å². The van der Waals surface area contributed by atoms with E-state index in [2.05, 4.69) is 24.2 Å². The van der Waals surface area contributed by atoms with Crippen LogP contribution in [0.1, 0.15) is 39.0 Å². The van der Waals surface area contributed by atoms with Crippen molar-refractivity contribution in [2.75, 3.05) is 26.7 Å². The fraction of sp³-hybridized carbons (Fsp3) is 1.00. The summed E-state index contributed by atoms with van der Waals surface area (Å²) in [7, 11) is 2.13. The Morgan fingerprint density at radius 2 is 2.00 bits per heavy atom. The lowest BCUT2D eigenvalue weighted by atomic mass is 10.1. The zero-order valence-corrected chi connectivity index (χ0v) is 10.2. The number of aliphatic hydroxyl groups is 1. The number of aliphatic hydroxyl groups excluding tert-OH is 1. The van der Waals surface area contributed by atoms with Crippen molar-refractivity contribution in [3.8, 4) is 0 Å². The molecule has 2 unspecified atom stereocenters. The van der Waals surface area contributed by atoms with Gasteiger partial charge in [0.15, 0.2) is 0 Å². The summed E-state index contributed by atoms with van der Waals surface area (Å²) in [6, 6.07) is 0.331. The second-order valence-electron chi connectivity index (χ2n) is 4.66. The van der Waals surface area contributed by atoms with Gasteiger partial charge in [-0.2, -0.15) is 0 Å². The molecule has 15 heavy (non-hydrogen) atoms. The van der Waals surface area contributed by atoms with E-state index in [1.165, 1.54) is 19.3 Å². The Kier molecular flexibility index (Phi) is 6.22. The Morgan fingerprint density at radius 1 is 1.27 bits per heavy atom. The van der Waals surface area contributed by atoms with Gasteiger partial charge < -0.3 is 15.3 Å². The molecule has 0 aromatic heterocycles. The third-order valence-corrected chi connectivity index (χ3v) is 3.42. The summed E-state index contributed by atoms with van der Waals surface area (Å²) in [4.78, 5) is 2.29. The summed E-state index contributed by atoms with van der Waals surface area (Å²) in [5.41, 5.74) is 0. The van der Waals surface area contributed by atoms with Crippen molar-refractivity contribution in [1.82, 2.24) is 10.2 Å². The van der Waals surface area contributed by atoms with Crippen LogP contribution in [-0.4, -0.2) is 48.8 Å². The van der Waals surface area contributed by atoms with Crippen molar-refractivity contribution >= 4 is 0 Å². The average Bonchev–Trinajstić information content (AvgIpc) is 2.44. The highest BCUT2D eigenvalue weighted by molar-refractivity contribution is 4.78. The minimum Gasteiger partial charge on any atom is -0.392 e. The number of nitrogens with one attached hydrogen (secondary N) is 1. The molecule has 2 atom stereocenters. The van der Waals surface area contributed by atoms with E-state index in [9.17, 15) is 5.11 Å². The predicted molar refractivity (Wildman–Crippen MR) is 64.1 cm³/mol. The quantitative estimate of drug-likeness (QED) is 0.676. The Morgan fingerprint density at radius 3 is 2.73 bits per heavy atom. The second-order valence-corrected chi connectivity index (χ2v) is 4.66. The molecule has 1 aliphatic carbocycles. The van der Waals surface area contributed by atoms with E-state index in [0.717, 1.165) is 32.5 Å². The molecule has 0 radical (unpaired) electrons. The molecule has 0 saturated heterocycles. The molecular weight excluding hydrogens is 188 g/mol. The molecule has 0 spiro atoms. The molecule has 3 heteroatoms. The van der Waals surface area contributed by atoms with E-state index in [1.807, 2.05) is 0 Å². The SMILES string of the molecule is CCN(C)CCNC1CCCCCC1O. The van der Waals surface area contributed by atoms with Crippen molar-refractivity contribution in [3.63, 3.8) is 0 Å². The van der Waals surface area contributed by atoms with Crippen LogP contribution in [-0.2, 0) is 0 Å². The molecule has 1 aliphatic rings. The summed E-state index contributed by atoms with van der Waals surface area (Å²) in [5.74, 6) is 0. The maximum atomic E-state index is 9.90. The van der Waals surface area contributed by atoms with Crippen molar-refractivity contribution in [2.45, 2.75) is 51.2 Å². The summed E-state index contributed by atoms with van der Waals surface area (Å²) < 4.78 is 0. The number of hydrogen-bond acceptors (Lipinski definition) is 3. The van der Waals surface area contributed by atoms with Crippen LogP contribution < -0.4 is 5.32 Å². The van der Waals surface area contributed by atoms with Gasteiger partial charge in [0, 0.05) is 19.1 Å². The number of nitrogens with zero attached hydrogens (tertiary/aromatic N) is 1. The first-order chi connectivity index (χ1) is 7.24. The average molecular weight is 214 g/mol. The third-order valence-electron chi connectivity index (χ3n) is 3.42. The maximum Gasteiger partial charge on any atom is 0.0693 e. The Hall–Kier alpha value is -0.120. The first-order valence-electron chi connectivity index (χ1n) is 6.34. The Labute approximate surface area is 93.9 Å². The van der Waals surface area contributed by atoms with Crippen LogP contribution >= 0.6 is 0 Å². The standard InChI is InChI=1S/C12H26N2O/c1-3-14(2)10-9-13-11-7-5-4-6-8-12(11)15/h11-13,15H,3-10H2,1-2H3. The topological polar surface area (TPSA) is 35.5 Å². The number of likely N-dealkylation sites (N-methyl/N-ethyl adjacent to an activating group) is 1. The van der Waals surface area contributed by atoms with E-state index < -0.39 is 0 Å². The summed E-state index contributed by atoms with van der Waals surface area (Å²) in [6.45, 7) is 5.32. The van der Waals surface area contributed by atoms with Crippen LogP contribution in [0.25, 0.3) is 0 Å². The molecule has 1 rings (SSSR count). The lowest BCUT2D eigenvalue weighted by molar-refractivity contribution is 0.118. The highest BCUT2D eigenvalue weighted by Gasteiger charge is 2.20. The molecule has 3 nitrogen and oxygen atoms in total. The van der Waals surface area contributed by atoms with Gasteiger partial charge in [-0.25, -0.2) is 0 Å². The number of hydrogen-bond donors (Lipinski definition) is 2. The van der Waals surface area contributed by atoms with Crippen LogP contribution in [0.5, 0.6) is 0 Å². The zero-order chi connectivity index (χ0) is 11.1. The second kappa shape index (κ2) is 7.20.